The van der Waals surface area contributed by atoms with Crippen molar-refractivity contribution in [3.63, 3.8) is 0 Å². The predicted molar refractivity (Wildman–Crippen MR) is 96.9 cm³/mol. The quantitative estimate of drug-likeness (QED) is 0.740. The summed E-state index contributed by atoms with van der Waals surface area (Å²) in [5, 5.41) is 3.05. The maximum atomic E-state index is 12.5. The third kappa shape index (κ3) is 7.08. The highest BCUT2D eigenvalue weighted by atomic mass is 32.2. The van der Waals surface area contributed by atoms with Crippen LogP contribution in [0.3, 0.4) is 0 Å². The molecule has 2 amide bonds. The number of carbonyl (C=O) groups is 2. The number of rotatable bonds is 8. The first-order chi connectivity index (χ1) is 10.8. The van der Waals surface area contributed by atoms with Gasteiger partial charge in [0.15, 0.2) is 0 Å². The zero-order valence-corrected chi connectivity index (χ0v) is 15.6. The summed E-state index contributed by atoms with van der Waals surface area (Å²) in [7, 11) is 3.47. The van der Waals surface area contributed by atoms with Gasteiger partial charge in [0.2, 0.25) is 5.91 Å². The van der Waals surface area contributed by atoms with Crippen LogP contribution in [0.2, 0.25) is 0 Å². The summed E-state index contributed by atoms with van der Waals surface area (Å²) in [5.41, 5.74) is 0.639. The van der Waals surface area contributed by atoms with Crippen LogP contribution in [-0.4, -0.2) is 42.6 Å². The second kappa shape index (κ2) is 9.60. The van der Waals surface area contributed by atoms with Gasteiger partial charge in [-0.05, 0) is 37.8 Å². The van der Waals surface area contributed by atoms with Crippen LogP contribution < -0.4 is 5.32 Å². The number of thioether (sulfide) groups is 1. The van der Waals surface area contributed by atoms with Crippen molar-refractivity contribution in [3.05, 3.63) is 29.8 Å². The highest BCUT2D eigenvalue weighted by Crippen LogP contribution is 2.23. The van der Waals surface area contributed by atoms with Gasteiger partial charge in [-0.2, -0.15) is 0 Å². The summed E-state index contributed by atoms with van der Waals surface area (Å²) in [5.74, 6) is 0.937. The van der Waals surface area contributed by atoms with E-state index in [1.807, 2.05) is 31.2 Å². The highest BCUT2D eigenvalue weighted by Gasteiger charge is 2.15. The minimum atomic E-state index is -0.0679. The van der Waals surface area contributed by atoms with Crippen molar-refractivity contribution in [3.8, 4) is 0 Å². The fourth-order valence-electron chi connectivity index (χ4n) is 2.01. The summed E-state index contributed by atoms with van der Waals surface area (Å²) in [4.78, 5) is 26.6. The molecule has 0 bridgehead atoms. The zero-order valence-electron chi connectivity index (χ0n) is 14.8. The molecular weight excluding hydrogens is 308 g/mol. The van der Waals surface area contributed by atoms with E-state index < -0.39 is 0 Å². The molecule has 0 aromatic heterocycles. The Morgan fingerprint density at radius 3 is 2.39 bits per heavy atom. The van der Waals surface area contributed by atoms with E-state index >= 15 is 0 Å². The molecule has 0 spiro atoms. The van der Waals surface area contributed by atoms with Crippen LogP contribution in [-0.2, 0) is 4.79 Å². The molecule has 4 nitrogen and oxygen atoms in total. The lowest BCUT2D eigenvalue weighted by atomic mass is 10.0. The van der Waals surface area contributed by atoms with Gasteiger partial charge in [-0.3, -0.25) is 9.59 Å². The molecule has 1 unspecified atom stereocenters. The first-order valence-corrected chi connectivity index (χ1v) is 9.02. The fraction of sp³-hybridized carbons (Fsp3) is 0.556. The molecule has 23 heavy (non-hydrogen) atoms. The Kier molecular flexibility index (Phi) is 8.17. The highest BCUT2D eigenvalue weighted by molar-refractivity contribution is 8.00. The molecule has 0 fully saturated rings. The molecule has 0 heterocycles. The topological polar surface area (TPSA) is 49.4 Å². The maximum Gasteiger partial charge on any atom is 0.252 e. The van der Waals surface area contributed by atoms with E-state index in [1.54, 1.807) is 19.0 Å². The van der Waals surface area contributed by atoms with Crippen molar-refractivity contribution < 1.29 is 9.59 Å². The molecule has 1 atom stereocenters. The summed E-state index contributed by atoms with van der Waals surface area (Å²) >= 11 is 1.41. The SMILES string of the molecule is CC(C)CCC(C)NC(=O)c1ccccc1SCC(=O)N(C)C. The van der Waals surface area contributed by atoms with Gasteiger partial charge in [-0.25, -0.2) is 0 Å². The van der Waals surface area contributed by atoms with Crippen molar-refractivity contribution in [2.24, 2.45) is 5.92 Å². The van der Waals surface area contributed by atoms with Crippen LogP contribution in [0, 0.1) is 5.92 Å². The van der Waals surface area contributed by atoms with Crippen molar-refractivity contribution >= 4 is 23.6 Å². The lowest BCUT2D eigenvalue weighted by Crippen LogP contribution is -2.33. The molecule has 0 radical (unpaired) electrons. The lowest BCUT2D eigenvalue weighted by Gasteiger charge is -2.17. The van der Waals surface area contributed by atoms with Gasteiger partial charge in [0.25, 0.3) is 5.91 Å². The number of hydrogen-bond acceptors (Lipinski definition) is 3. The predicted octanol–water partition coefficient (Wildman–Crippen LogP) is 3.42. The molecule has 0 aliphatic carbocycles. The number of carbonyl (C=O) groups excluding carboxylic acids is 2. The molecule has 128 valence electrons. The molecule has 5 heteroatoms. The van der Waals surface area contributed by atoms with Crippen molar-refractivity contribution in [2.45, 2.75) is 44.6 Å². The molecule has 1 N–H and O–H groups in total. The second-order valence-electron chi connectivity index (χ2n) is 6.42. The van der Waals surface area contributed by atoms with Gasteiger partial charge in [0.1, 0.15) is 0 Å². The lowest BCUT2D eigenvalue weighted by molar-refractivity contribution is -0.125. The molecule has 1 aromatic rings. The average Bonchev–Trinajstić information content (AvgIpc) is 2.50. The van der Waals surface area contributed by atoms with E-state index in [9.17, 15) is 9.59 Å². The number of nitrogens with zero attached hydrogens (tertiary/aromatic N) is 1. The van der Waals surface area contributed by atoms with E-state index in [2.05, 4.69) is 19.2 Å². The molecular formula is C18H28N2O2S. The van der Waals surface area contributed by atoms with Gasteiger partial charge in [-0.1, -0.05) is 26.0 Å². The Bertz CT molecular complexity index is 530. The van der Waals surface area contributed by atoms with Crippen LogP contribution in [0.25, 0.3) is 0 Å². The monoisotopic (exact) mass is 336 g/mol. The van der Waals surface area contributed by atoms with E-state index in [1.165, 1.54) is 11.8 Å². The first kappa shape index (κ1) is 19.6. The zero-order chi connectivity index (χ0) is 17.4. The molecule has 1 aromatic carbocycles. The van der Waals surface area contributed by atoms with Crippen LogP contribution in [0.15, 0.2) is 29.2 Å². The smallest absolute Gasteiger partial charge is 0.252 e. The minimum Gasteiger partial charge on any atom is -0.350 e. The molecule has 0 aliphatic rings. The molecule has 0 saturated carbocycles. The van der Waals surface area contributed by atoms with Gasteiger partial charge in [0.05, 0.1) is 11.3 Å². The van der Waals surface area contributed by atoms with E-state index in [0.717, 1.165) is 17.7 Å². The molecule has 0 aliphatic heterocycles. The van der Waals surface area contributed by atoms with Crippen molar-refractivity contribution in [1.82, 2.24) is 10.2 Å². The number of amides is 2. The van der Waals surface area contributed by atoms with Crippen molar-refractivity contribution in [1.29, 1.82) is 0 Å². The van der Waals surface area contributed by atoms with Gasteiger partial charge in [-0.15, -0.1) is 11.8 Å². The Hall–Kier alpha value is -1.49. The van der Waals surface area contributed by atoms with E-state index in [-0.39, 0.29) is 17.9 Å². The van der Waals surface area contributed by atoms with Crippen molar-refractivity contribution in [2.75, 3.05) is 19.8 Å². The summed E-state index contributed by atoms with van der Waals surface area (Å²) in [6, 6.07) is 7.59. The summed E-state index contributed by atoms with van der Waals surface area (Å²) < 4.78 is 0. The Morgan fingerprint density at radius 2 is 1.78 bits per heavy atom. The minimum absolute atomic E-state index is 0.0375. The maximum absolute atomic E-state index is 12.5. The summed E-state index contributed by atoms with van der Waals surface area (Å²) in [6.45, 7) is 6.40. The Labute approximate surface area is 144 Å². The Morgan fingerprint density at radius 1 is 1.13 bits per heavy atom. The third-order valence-electron chi connectivity index (χ3n) is 3.54. The van der Waals surface area contributed by atoms with Crippen LogP contribution in [0.4, 0.5) is 0 Å². The first-order valence-electron chi connectivity index (χ1n) is 8.04. The largest absolute Gasteiger partial charge is 0.350 e. The van der Waals surface area contributed by atoms with Gasteiger partial charge in [0, 0.05) is 25.0 Å². The normalized spacial score (nSPS) is 12.1. The number of nitrogens with one attached hydrogen (secondary N) is 1. The number of benzene rings is 1. The van der Waals surface area contributed by atoms with E-state index in [0.29, 0.717) is 17.2 Å². The van der Waals surface area contributed by atoms with Gasteiger partial charge < -0.3 is 10.2 Å². The number of hydrogen-bond donors (Lipinski definition) is 1. The van der Waals surface area contributed by atoms with E-state index in [4.69, 9.17) is 0 Å². The van der Waals surface area contributed by atoms with Crippen LogP contribution >= 0.6 is 11.8 Å². The third-order valence-corrected chi connectivity index (χ3v) is 4.59. The second-order valence-corrected chi connectivity index (χ2v) is 7.44. The summed E-state index contributed by atoms with van der Waals surface area (Å²) in [6.07, 6.45) is 2.06. The molecule has 0 saturated heterocycles. The van der Waals surface area contributed by atoms with Gasteiger partial charge >= 0.3 is 0 Å². The Balaban J connectivity index is 2.68. The fourth-order valence-corrected chi connectivity index (χ4v) is 3.03. The average molecular weight is 337 g/mol. The molecule has 1 rings (SSSR count). The van der Waals surface area contributed by atoms with Crippen LogP contribution in [0.5, 0.6) is 0 Å². The standard InChI is InChI=1S/C18H28N2O2S/c1-13(2)10-11-14(3)19-18(22)15-8-6-7-9-16(15)23-12-17(21)20(4)5/h6-9,13-14H,10-12H2,1-5H3,(H,19,22). The van der Waals surface area contributed by atoms with Crippen LogP contribution in [0.1, 0.15) is 44.0 Å².